The number of anilines is 1. The van der Waals surface area contributed by atoms with Crippen molar-refractivity contribution >= 4 is 21.6 Å². The van der Waals surface area contributed by atoms with Gasteiger partial charge in [0.15, 0.2) is 0 Å². The number of sulfonamides is 1. The molecule has 10 heteroatoms. The highest BCUT2D eigenvalue weighted by Crippen LogP contribution is 2.28. The van der Waals surface area contributed by atoms with E-state index < -0.39 is 34.0 Å². The lowest BCUT2D eigenvalue weighted by Gasteiger charge is -2.27. The Morgan fingerprint density at radius 3 is 2.07 bits per heavy atom. The summed E-state index contributed by atoms with van der Waals surface area (Å²) in [5.41, 5.74) is 0.400. The number of rotatable bonds is 6. The van der Waals surface area contributed by atoms with Crippen molar-refractivity contribution < 1.29 is 30.8 Å². The lowest BCUT2D eigenvalue weighted by Crippen LogP contribution is -2.33. The van der Waals surface area contributed by atoms with E-state index in [1.165, 1.54) is 28.6 Å². The summed E-state index contributed by atoms with van der Waals surface area (Å²) < 4.78 is 77.0. The van der Waals surface area contributed by atoms with Crippen LogP contribution in [0.15, 0.2) is 53.4 Å². The average molecular weight is 418 g/mol. The predicted octanol–water partition coefficient (Wildman–Crippen LogP) is 4.10. The molecule has 0 fully saturated rings. The minimum Gasteiger partial charge on any atom is -0.318 e. The minimum absolute atomic E-state index is 0.118. The van der Waals surface area contributed by atoms with E-state index in [9.17, 15) is 30.8 Å². The number of benzene rings is 2. The van der Waals surface area contributed by atoms with Gasteiger partial charge in [-0.15, -0.1) is 0 Å². The Balaban J connectivity index is 2.26. The second kappa shape index (κ2) is 8.27. The molecule has 0 bridgehead atoms. The second-order valence-corrected chi connectivity index (χ2v) is 7.80. The van der Waals surface area contributed by atoms with E-state index in [-0.39, 0.29) is 17.1 Å². The Labute approximate surface area is 160 Å². The second-order valence-electron chi connectivity index (χ2n) is 5.91. The van der Waals surface area contributed by atoms with Crippen molar-refractivity contribution in [2.75, 3.05) is 11.9 Å². The van der Waals surface area contributed by atoms with Gasteiger partial charge in [-0.3, -0.25) is 4.79 Å². The Morgan fingerprint density at radius 2 is 1.61 bits per heavy atom. The summed E-state index contributed by atoms with van der Waals surface area (Å²) >= 11 is 0. The Kier molecular flexibility index (Phi) is 6.45. The Bertz CT molecular complexity index is 927. The first-order chi connectivity index (χ1) is 13.0. The number of hydrogen-bond donors (Lipinski definition) is 1. The van der Waals surface area contributed by atoms with Gasteiger partial charge in [0.05, 0.1) is 4.90 Å². The van der Waals surface area contributed by atoms with E-state index in [0.29, 0.717) is 5.56 Å². The molecule has 0 spiro atoms. The maximum Gasteiger partial charge on any atom is 0.471 e. The fourth-order valence-corrected chi connectivity index (χ4v) is 4.24. The first-order valence-electron chi connectivity index (χ1n) is 8.22. The van der Waals surface area contributed by atoms with Crippen molar-refractivity contribution in [1.82, 2.24) is 4.31 Å². The summed E-state index contributed by atoms with van der Waals surface area (Å²) in [5.74, 6) is -2.60. The van der Waals surface area contributed by atoms with Crippen molar-refractivity contribution in [1.29, 1.82) is 0 Å². The van der Waals surface area contributed by atoms with Gasteiger partial charge in [-0.2, -0.15) is 17.5 Å². The number of halogens is 4. The molecule has 0 saturated heterocycles. The van der Waals surface area contributed by atoms with Crippen LogP contribution in [0.1, 0.15) is 25.5 Å². The van der Waals surface area contributed by atoms with E-state index in [2.05, 4.69) is 0 Å². The van der Waals surface area contributed by atoms with E-state index in [0.717, 1.165) is 24.3 Å². The van der Waals surface area contributed by atoms with Gasteiger partial charge in [-0.1, -0.05) is 19.1 Å². The largest absolute Gasteiger partial charge is 0.471 e. The summed E-state index contributed by atoms with van der Waals surface area (Å²) in [5, 5.41) is 1.65. The monoisotopic (exact) mass is 418 g/mol. The Hall–Kier alpha value is -2.46. The highest BCUT2D eigenvalue weighted by atomic mass is 32.2. The fraction of sp³-hybridized carbons (Fsp3) is 0.278. The van der Waals surface area contributed by atoms with Crippen LogP contribution in [-0.4, -0.2) is 31.4 Å². The molecule has 152 valence electrons. The molecule has 0 aliphatic heterocycles. The third-order valence-electron chi connectivity index (χ3n) is 4.07. The third-order valence-corrected chi connectivity index (χ3v) is 6.13. The van der Waals surface area contributed by atoms with E-state index in [4.69, 9.17) is 0 Å². The van der Waals surface area contributed by atoms with E-state index in [1.807, 2.05) is 0 Å². The van der Waals surface area contributed by atoms with Gasteiger partial charge in [0.2, 0.25) is 10.0 Å². The normalized spacial score (nSPS) is 13.4. The van der Waals surface area contributed by atoms with Gasteiger partial charge in [0.1, 0.15) is 5.82 Å². The van der Waals surface area contributed by atoms with Gasteiger partial charge in [-0.25, -0.2) is 12.8 Å². The predicted molar refractivity (Wildman–Crippen MR) is 95.5 cm³/mol. The van der Waals surface area contributed by atoms with Crippen LogP contribution in [0.2, 0.25) is 0 Å². The molecule has 0 aliphatic carbocycles. The molecule has 0 radical (unpaired) electrons. The third kappa shape index (κ3) is 4.87. The molecular formula is C18H18F4N2O3S. The number of nitrogens with zero attached hydrogens (tertiary/aromatic N) is 1. The zero-order chi connectivity index (χ0) is 21.1. The molecule has 1 atom stereocenters. The van der Waals surface area contributed by atoms with Crippen molar-refractivity contribution in [2.24, 2.45) is 0 Å². The SMILES string of the molecule is CCN(C(C)c1ccc(F)cc1)S(=O)(=O)c1ccc(NC(=O)C(F)(F)F)cc1. The van der Waals surface area contributed by atoms with Crippen LogP contribution in [0.3, 0.4) is 0 Å². The molecule has 0 aromatic heterocycles. The van der Waals surface area contributed by atoms with Crippen LogP contribution in [0, 0.1) is 5.82 Å². The Morgan fingerprint density at radius 1 is 1.07 bits per heavy atom. The highest BCUT2D eigenvalue weighted by Gasteiger charge is 2.38. The van der Waals surface area contributed by atoms with E-state index in [1.54, 1.807) is 19.2 Å². The number of hydrogen-bond acceptors (Lipinski definition) is 3. The van der Waals surface area contributed by atoms with Gasteiger partial charge in [0.25, 0.3) is 0 Å². The molecule has 0 heterocycles. The molecule has 1 amide bonds. The minimum atomic E-state index is -5.05. The zero-order valence-electron chi connectivity index (χ0n) is 15.0. The first kappa shape index (κ1) is 21.8. The van der Waals surface area contributed by atoms with Crippen LogP contribution in [0.4, 0.5) is 23.2 Å². The fourth-order valence-electron chi connectivity index (χ4n) is 2.61. The molecular weight excluding hydrogens is 400 g/mol. The standard InChI is InChI=1S/C18H18F4N2O3S/c1-3-24(12(2)13-4-6-14(19)7-5-13)28(26,27)16-10-8-15(9-11-16)23-17(25)18(20,21)22/h4-12H,3H2,1-2H3,(H,23,25). The molecule has 2 aromatic carbocycles. The molecule has 2 rings (SSSR count). The number of amides is 1. The van der Waals surface area contributed by atoms with Gasteiger partial charge in [-0.05, 0) is 48.9 Å². The lowest BCUT2D eigenvalue weighted by molar-refractivity contribution is -0.167. The topological polar surface area (TPSA) is 66.5 Å². The van der Waals surface area contributed by atoms with Crippen LogP contribution in [0.5, 0.6) is 0 Å². The van der Waals surface area contributed by atoms with Crippen LogP contribution in [0.25, 0.3) is 0 Å². The highest BCUT2D eigenvalue weighted by molar-refractivity contribution is 7.89. The van der Waals surface area contributed by atoms with Crippen molar-refractivity contribution in [2.45, 2.75) is 31.0 Å². The van der Waals surface area contributed by atoms with Gasteiger partial charge < -0.3 is 5.32 Å². The number of alkyl halides is 3. The first-order valence-corrected chi connectivity index (χ1v) is 9.66. The molecule has 0 aliphatic rings. The quantitative estimate of drug-likeness (QED) is 0.719. The summed E-state index contributed by atoms with van der Waals surface area (Å²) in [6.45, 7) is 3.40. The maximum absolute atomic E-state index is 13.1. The van der Waals surface area contributed by atoms with Crippen LogP contribution < -0.4 is 5.32 Å². The maximum atomic E-state index is 13.1. The number of carbonyl (C=O) groups excluding carboxylic acids is 1. The van der Waals surface area contributed by atoms with E-state index >= 15 is 0 Å². The van der Waals surface area contributed by atoms with Crippen LogP contribution in [-0.2, 0) is 14.8 Å². The molecule has 1 unspecified atom stereocenters. The van der Waals surface area contributed by atoms with Crippen molar-refractivity contribution in [3.63, 3.8) is 0 Å². The van der Waals surface area contributed by atoms with Crippen molar-refractivity contribution in [3.05, 3.63) is 59.9 Å². The molecule has 0 saturated carbocycles. The van der Waals surface area contributed by atoms with Gasteiger partial charge in [0, 0.05) is 18.3 Å². The smallest absolute Gasteiger partial charge is 0.318 e. The molecule has 1 N–H and O–H groups in total. The summed E-state index contributed by atoms with van der Waals surface area (Å²) in [6.07, 6.45) is -5.05. The summed E-state index contributed by atoms with van der Waals surface area (Å²) in [6, 6.07) is 9.19. The number of nitrogens with one attached hydrogen (secondary N) is 1. The summed E-state index contributed by atoms with van der Waals surface area (Å²) in [7, 11) is -3.98. The molecule has 5 nitrogen and oxygen atoms in total. The van der Waals surface area contributed by atoms with Crippen molar-refractivity contribution in [3.8, 4) is 0 Å². The summed E-state index contributed by atoms with van der Waals surface area (Å²) in [4.78, 5) is 10.8. The lowest BCUT2D eigenvalue weighted by atomic mass is 10.1. The molecule has 2 aromatic rings. The number of carbonyl (C=O) groups is 1. The van der Waals surface area contributed by atoms with Gasteiger partial charge >= 0.3 is 12.1 Å². The van der Waals surface area contributed by atoms with Crippen LogP contribution >= 0.6 is 0 Å². The average Bonchev–Trinajstić information content (AvgIpc) is 2.62. The zero-order valence-corrected chi connectivity index (χ0v) is 15.8. The molecule has 28 heavy (non-hydrogen) atoms.